The number of halogens is 1. The van der Waals surface area contributed by atoms with Gasteiger partial charge in [-0.05, 0) is 12.1 Å². The predicted octanol–water partition coefficient (Wildman–Crippen LogP) is 1.54. The maximum Gasteiger partial charge on any atom is 0.152 e. The second kappa shape index (κ2) is 5.65. The molecule has 0 atom stereocenters. The highest BCUT2D eigenvalue weighted by Crippen LogP contribution is 2.18. The summed E-state index contributed by atoms with van der Waals surface area (Å²) in [5.74, 6) is 0. The molecule has 5 nitrogen and oxygen atoms in total. The normalized spacial score (nSPS) is 10.5. The van der Waals surface area contributed by atoms with E-state index in [1.165, 1.54) is 0 Å². The second-order valence-corrected chi connectivity index (χ2v) is 3.89. The zero-order chi connectivity index (χ0) is 12.1. The van der Waals surface area contributed by atoms with E-state index in [0.29, 0.717) is 18.2 Å². The summed E-state index contributed by atoms with van der Waals surface area (Å²) in [6.45, 7) is 1.22. The molecule has 90 valence electrons. The summed E-state index contributed by atoms with van der Waals surface area (Å²) in [6.07, 6.45) is 5.28. The van der Waals surface area contributed by atoms with Crippen LogP contribution < -0.4 is 5.32 Å². The minimum Gasteiger partial charge on any atom is -0.394 e. The van der Waals surface area contributed by atoms with E-state index >= 15 is 0 Å². The molecular weight excluding hydrogens is 240 g/mol. The van der Waals surface area contributed by atoms with Gasteiger partial charge in [-0.15, -0.1) is 0 Å². The minimum atomic E-state index is 0.0863. The number of hydrogen-bond donors (Lipinski definition) is 2. The number of nitrogens with zero attached hydrogens (tertiary/aromatic N) is 3. The second-order valence-electron chi connectivity index (χ2n) is 3.53. The first-order valence-corrected chi connectivity index (χ1v) is 5.64. The van der Waals surface area contributed by atoms with Crippen molar-refractivity contribution in [3.63, 3.8) is 0 Å². The van der Waals surface area contributed by atoms with Crippen LogP contribution in [0.1, 0.15) is 5.56 Å². The summed E-state index contributed by atoms with van der Waals surface area (Å²) in [4.78, 5) is 3.98. The van der Waals surface area contributed by atoms with Crippen LogP contribution in [-0.2, 0) is 13.1 Å². The Hall–Kier alpha value is -1.59. The Bertz CT molecular complexity index is 486. The highest BCUT2D eigenvalue weighted by Gasteiger charge is 2.01. The molecule has 2 rings (SSSR count). The first kappa shape index (κ1) is 11.9. The lowest BCUT2D eigenvalue weighted by Crippen LogP contribution is -2.02. The third-order valence-corrected chi connectivity index (χ3v) is 2.56. The molecule has 0 aliphatic rings. The van der Waals surface area contributed by atoms with Crippen LogP contribution in [-0.4, -0.2) is 26.5 Å². The smallest absolute Gasteiger partial charge is 0.152 e. The number of hydrogen-bond acceptors (Lipinski definition) is 4. The van der Waals surface area contributed by atoms with Gasteiger partial charge in [-0.3, -0.25) is 4.68 Å². The van der Waals surface area contributed by atoms with Gasteiger partial charge < -0.3 is 10.4 Å². The predicted molar refractivity (Wildman–Crippen MR) is 65.9 cm³/mol. The van der Waals surface area contributed by atoms with E-state index in [0.717, 1.165) is 11.3 Å². The Morgan fingerprint density at radius 3 is 3.12 bits per heavy atom. The molecule has 0 aliphatic carbocycles. The molecule has 0 saturated carbocycles. The van der Waals surface area contributed by atoms with Gasteiger partial charge >= 0.3 is 0 Å². The van der Waals surface area contributed by atoms with Crippen LogP contribution in [0.2, 0.25) is 5.15 Å². The van der Waals surface area contributed by atoms with Crippen LogP contribution in [0, 0.1) is 0 Å². The number of pyridine rings is 1. The van der Waals surface area contributed by atoms with Crippen molar-refractivity contribution >= 4 is 17.3 Å². The molecule has 0 amide bonds. The summed E-state index contributed by atoms with van der Waals surface area (Å²) in [5, 5.41) is 16.5. The largest absolute Gasteiger partial charge is 0.394 e. The third-order valence-electron chi connectivity index (χ3n) is 2.26. The molecule has 6 heteroatoms. The molecule has 0 saturated heterocycles. The molecule has 0 spiro atoms. The number of nitrogens with one attached hydrogen (secondary N) is 1. The molecule has 0 bridgehead atoms. The highest BCUT2D eigenvalue weighted by molar-refractivity contribution is 6.31. The van der Waals surface area contributed by atoms with Crippen LogP contribution in [0.15, 0.2) is 30.7 Å². The highest BCUT2D eigenvalue weighted by atomic mass is 35.5. The van der Waals surface area contributed by atoms with Crippen molar-refractivity contribution < 1.29 is 5.11 Å². The average molecular weight is 253 g/mol. The third kappa shape index (κ3) is 3.18. The van der Waals surface area contributed by atoms with E-state index in [-0.39, 0.29) is 6.61 Å². The van der Waals surface area contributed by atoms with Gasteiger partial charge in [-0.2, -0.15) is 5.10 Å². The monoisotopic (exact) mass is 252 g/mol. The van der Waals surface area contributed by atoms with E-state index in [9.17, 15) is 0 Å². The Morgan fingerprint density at radius 1 is 1.47 bits per heavy atom. The topological polar surface area (TPSA) is 63.0 Å². The molecule has 0 fully saturated rings. The van der Waals surface area contributed by atoms with Crippen molar-refractivity contribution in [2.45, 2.75) is 13.1 Å². The van der Waals surface area contributed by atoms with Gasteiger partial charge in [0, 0.05) is 24.5 Å². The zero-order valence-electron chi connectivity index (χ0n) is 9.17. The van der Waals surface area contributed by atoms with Crippen molar-refractivity contribution in [2.24, 2.45) is 0 Å². The van der Waals surface area contributed by atoms with Gasteiger partial charge in [0.25, 0.3) is 0 Å². The quantitative estimate of drug-likeness (QED) is 0.793. The molecule has 0 unspecified atom stereocenters. The van der Waals surface area contributed by atoms with Crippen LogP contribution in [0.25, 0.3) is 0 Å². The molecule has 2 aromatic rings. The van der Waals surface area contributed by atoms with E-state index in [4.69, 9.17) is 16.7 Å². The molecule has 0 radical (unpaired) electrons. The van der Waals surface area contributed by atoms with Crippen molar-refractivity contribution in [3.8, 4) is 0 Å². The lowest BCUT2D eigenvalue weighted by Gasteiger charge is -2.05. The van der Waals surface area contributed by atoms with Gasteiger partial charge in [0.2, 0.25) is 0 Å². The van der Waals surface area contributed by atoms with Crippen molar-refractivity contribution in [1.29, 1.82) is 0 Å². The first-order chi connectivity index (χ1) is 8.29. The van der Waals surface area contributed by atoms with Crippen molar-refractivity contribution in [3.05, 3.63) is 41.4 Å². The van der Waals surface area contributed by atoms with Gasteiger partial charge in [0.15, 0.2) is 5.15 Å². The molecule has 2 heterocycles. The van der Waals surface area contributed by atoms with Gasteiger partial charge in [-0.1, -0.05) is 11.6 Å². The van der Waals surface area contributed by atoms with Crippen molar-refractivity contribution in [2.75, 3.05) is 11.9 Å². The summed E-state index contributed by atoms with van der Waals surface area (Å²) in [5.41, 5.74) is 1.82. The average Bonchev–Trinajstić information content (AvgIpc) is 2.76. The molecule has 0 aliphatic heterocycles. The fraction of sp³-hybridized carbons (Fsp3) is 0.273. The van der Waals surface area contributed by atoms with E-state index in [1.54, 1.807) is 17.1 Å². The molecule has 0 aromatic carbocycles. The number of anilines is 1. The summed E-state index contributed by atoms with van der Waals surface area (Å²) >= 11 is 5.92. The Kier molecular flexibility index (Phi) is 3.95. The number of aromatic nitrogens is 3. The Balaban J connectivity index is 1.95. The fourth-order valence-electron chi connectivity index (χ4n) is 1.44. The van der Waals surface area contributed by atoms with Crippen molar-refractivity contribution in [1.82, 2.24) is 14.8 Å². The SMILES string of the molecule is OCCn1cc(CNc2cccnc2Cl)cn1. The van der Waals surface area contributed by atoms with Crippen LogP contribution in [0.3, 0.4) is 0 Å². The maximum atomic E-state index is 8.77. The van der Waals surface area contributed by atoms with Gasteiger partial charge in [-0.25, -0.2) is 4.98 Å². The standard InChI is InChI=1S/C11H13ClN4O/c12-11-10(2-1-3-13-11)14-6-9-7-15-16(8-9)4-5-17/h1-3,7-8,14,17H,4-6H2. The fourth-order valence-corrected chi connectivity index (χ4v) is 1.62. The Morgan fingerprint density at radius 2 is 2.35 bits per heavy atom. The van der Waals surface area contributed by atoms with Crippen LogP contribution in [0.4, 0.5) is 5.69 Å². The molecule has 17 heavy (non-hydrogen) atoms. The van der Waals surface area contributed by atoms with Gasteiger partial charge in [0.05, 0.1) is 25.0 Å². The number of aliphatic hydroxyl groups is 1. The number of aliphatic hydroxyl groups excluding tert-OH is 1. The number of rotatable bonds is 5. The molecule has 2 aromatic heterocycles. The van der Waals surface area contributed by atoms with E-state index in [1.807, 2.05) is 18.3 Å². The van der Waals surface area contributed by atoms with Gasteiger partial charge in [0.1, 0.15) is 0 Å². The summed E-state index contributed by atoms with van der Waals surface area (Å²) in [7, 11) is 0. The maximum absolute atomic E-state index is 8.77. The Labute approximate surface area is 104 Å². The lowest BCUT2D eigenvalue weighted by molar-refractivity contribution is 0.269. The van der Waals surface area contributed by atoms with E-state index < -0.39 is 0 Å². The molecular formula is C11H13ClN4O. The van der Waals surface area contributed by atoms with E-state index in [2.05, 4.69) is 15.4 Å². The van der Waals surface area contributed by atoms with Crippen LogP contribution in [0.5, 0.6) is 0 Å². The minimum absolute atomic E-state index is 0.0863. The summed E-state index contributed by atoms with van der Waals surface area (Å²) in [6, 6.07) is 3.69. The lowest BCUT2D eigenvalue weighted by atomic mass is 10.3. The van der Waals surface area contributed by atoms with Crippen LogP contribution >= 0.6 is 11.6 Å². The first-order valence-electron chi connectivity index (χ1n) is 5.26. The zero-order valence-corrected chi connectivity index (χ0v) is 9.93. The summed E-state index contributed by atoms with van der Waals surface area (Å²) < 4.78 is 1.70. The molecule has 2 N–H and O–H groups in total.